The highest BCUT2D eigenvalue weighted by molar-refractivity contribution is 5.87. The summed E-state index contributed by atoms with van der Waals surface area (Å²) in [7, 11) is 3.62. The van der Waals surface area contributed by atoms with Crippen LogP contribution in [0.3, 0.4) is 0 Å². The molecule has 6 nitrogen and oxygen atoms in total. The summed E-state index contributed by atoms with van der Waals surface area (Å²) in [5, 5.41) is 5.02. The van der Waals surface area contributed by atoms with Gasteiger partial charge < -0.3 is 10.2 Å². The Labute approximate surface area is 132 Å². The van der Waals surface area contributed by atoms with Crippen LogP contribution in [0, 0.1) is 11.6 Å². The standard InChI is InChI=1S/C15H17F2N5O/c1-9(11-5-4-10(16)8-12(11)17)19-15(23)21-14-18-7-6-13(20-14)22(2)3/h4-9H,1-3H3,(H2,18,19,20,21,23)/t9-/m0/s1. The van der Waals surface area contributed by atoms with Gasteiger partial charge in [0.2, 0.25) is 5.95 Å². The molecule has 1 atom stereocenters. The fourth-order valence-corrected chi connectivity index (χ4v) is 1.92. The Morgan fingerprint density at radius 1 is 1.26 bits per heavy atom. The Balaban J connectivity index is 2.03. The lowest BCUT2D eigenvalue weighted by Crippen LogP contribution is -2.32. The first-order valence-electron chi connectivity index (χ1n) is 6.89. The number of urea groups is 1. The second-order valence-corrected chi connectivity index (χ2v) is 5.12. The highest BCUT2D eigenvalue weighted by Crippen LogP contribution is 2.17. The number of amides is 2. The largest absolute Gasteiger partial charge is 0.363 e. The van der Waals surface area contributed by atoms with Crippen molar-refractivity contribution in [1.29, 1.82) is 0 Å². The molecule has 0 saturated carbocycles. The van der Waals surface area contributed by atoms with E-state index in [0.29, 0.717) is 5.82 Å². The number of nitrogens with zero attached hydrogens (tertiary/aromatic N) is 3. The van der Waals surface area contributed by atoms with Gasteiger partial charge in [0.15, 0.2) is 0 Å². The van der Waals surface area contributed by atoms with Gasteiger partial charge in [0.1, 0.15) is 17.5 Å². The molecule has 1 aromatic carbocycles. The van der Waals surface area contributed by atoms with Crippen LogP contribution in [-0.2, 0) is 0 Å². The molecule has 2 amide bonds. The van der Waals surface area contributed by atoms with E-state index < -0.39 is 23.7 Å². The number of rotatable bonds is 4. The maximum Gasteiger partial charge on any atom is 0.322 e. The molecule has 2 rings (SSSR count). The van der Waals surface area contributed by atoms with E-state index in [0.717, 1.165) is 12.1 Å². The molecule has 1 heterocycles. The number of hydrogen-bond donors (Lipinski definition) is 2. The first-order chi connectivity index (χ1) is 10.9. The van der Waals surface area contributed by atoms with E-state index in [4.69, 9.17) is 0 Å². The molecular weight excluding hydrogens is 304 g/mol. The van der Waals surface area contributed by atoms with Gasteiger partial charge in [-0.05, 0) is 19.1 Å². The van der Waals surface area contributed by atoms with Crippen LogP contribution in [0.4, 0.5) is 25.3 Å². The molecule has 2 N–H and O–H groups in total. The normalized spacial score (nSPS) is 11.7. The van der Waals surface area contributed by atoms with E-state index in [2.05, 4.69) is 20.6 Å². The van der Waals surface area contributed by atoms with Crippen molar-refractivity contribution in [3.05, 3.63) is 47.7 Å². The zero-order valence-corrected chi connectivity index (χ0v) is 13.0. The molecule has 0 saturated heterocycles. The molecule has 23 heavy (non-hydrogen) atoms. The van der Waals surface area contributed by atoms with Gasteiger partial charge in [-0.25, -0.2) is 18.6 Å². The van der Waals surface area contributed by atoms with Crippen molar-refractivity contribution in [3.63, 3.8) is 0 Å². The van der Waals surface area contributed by atoms with Crippen molar-refractivity contribution in [1.82, 2.24) is 15.3 Å². The Bertz CT molecular complexity index is 708. The summed E-state index contributed by atoms with van der Waals surface area (Å²) in [5.74, 6) is -0.631. The van der Waals surface area contributed by atoms with Gasteiger partial charge >= 0.3 is 6.03 Å². The summed E-state index contributed by atoms with van der Waals surface area (Å²) in [5.41, 5.74) is 0.185. The number of nitrogens with one attached hydrogen (secondary N) is 2. The van der Waals surface area contributed by atoms with Crippen LogP contribution in [0.5, 0.6) is 0 Å². The Kier molecular flexibility index (Phi) is 5.05. The molecule has 1 aromatic heterocycles. The first-order valence-corrected chi connectivity index (χ1v) is 6.89. The van der Waals surface area contributed by atoms with Gasteiger partial charge in [0, 0.05) is 31.9 Å². The Hall–Kier alpha value is -2.77. The number of aromatic nitrogens is 2. The molecular formula is C15H17F2N5O. The summed E-state index contributed by atoms with van der Waals surface area (Å²) in [6.07, 6.45) is 1.51. The second kappa shape index (κ2) is 6.99. The predicted octanol–water partition coefficient (Wildman–Crippen LogP) is 2.70. The maximum absolute atomic E-state index is 13.7. The number of anilines is 2. The molecule has 0 unspecified atom stereocenters. The summed E-state index contributed by atoms with van der Waals surface area (Å²) < 4.78 is 26.6. The van der Waals surface area contributed by atoms with Gasteiger partial charge in [0.05, 0.1) is 6.04 Å². The van der Waals surface area contributed by atoms with E-state index in [1.807, 2.05) is 14.1 Å². The predicted molar refractivity (Wildman–Crippen MR) is 83.3 cm³/mol. The van der Waals surface area contributed by atoms with E-state index >= 15 is 0 Å². The minimum absolute atomic E-state index is 0.125. The van der Waals surface area contributed by atoms with Crippen molar-refractivity contribution in [2.45, 2.75) is 13.0 Å². The summed E-state index contributed by atoms with van der Waals surface area (Å²) in [4.78, 5) is 21.8. The van der Waals surface area contributed by atoms with E-state index in [1.54, 1.807) is 17.9 Å². The zero-order chi connectivity index (χ0) is 17.0. The lowest BCUT2D eigenvalue weighted by atomic mass is 10.1. The summed E-state index contributed by atoms with van der Waals surface area (Å²) in [6.45, 7) is 1.59. The number of carbonyl (C=O) groups is 1. The maximum atomic E-state index is 13.7. The van der Waals surface area contributed by atoms with Crippen LogP contribution >= 0.6 is 0 Å². The minimum atomic E-state index is -0.719. The molecule has 122 valence electrons. The third-order valence-electron chi connectivity index (χ3n) is 3.10. The lowest BCUT2D eigenvalue weighted by molar-refractivity contribution is 0.249. The fraction of sp³-hybridized carbons (Fsp3) is 0.267. The van der Waals surface area contributed by atoms with Crippen LogP contribution in [0.25, 0.3) is 0 Å². The molecule has 0 aliphatic carbocycles. The SMILES string of the molecule is C[C@H](NC(=O)Nc1nccc(N(C)C)n1)c1ccc(F)cc1F. The van der Waals surface area contributed by atoms with Crippen molar-refractivity contribution in [2.24, 2.45) is 0 Å². The van der Waals surface area contributed by atoms with Crippen LogP contribution in [0.1, 0.15) is 18.5 Å². The van der Waals surface area contributed by atoms with Crippen molar-refractivity contribution in [3.8, 4) is 0 Å². The third-order valence-corrected chi connectivity index (χ3v) is 3.10. The van der Waals surface area contributed by atoms with Crippen LogP contribution in [0.2, 0.25) is 0 Å². The van der Waals surface area contributed by atoms with Gasteiger partial charge in [-0.1, -0.05) is 6.07 Å². The lowest BCUT2D eigenvalue weighted by Gasteiger charge is -2.16. The van der Waals surface area contributed by atoms with Crippen LogP contribution in [0.15, 0.2) is 30.5 Å². The van der Waals surface area contributed by atoms with Gasteiger partial charge in [0.25, 0.3) is 0 Å². The average molecular weight is 321 g/mol. The molecule has 0 aliphatic heterocycles. The highest BCUT2D eigenvalue weighted by atomic mass is 19.1. The van der Waals surface area contributed by atoms with Crippen molar-refractivity contribution >= 4 is 17.8 Å². The smallest absolute Gasteiger partial charge is 0.322 e. The molecule has 0 spiro atoms. The number of halogens is 2. The molecule has 0 radical (unpaired) electrons. The van der Waals surface area contributed by atoms with Gasteiger partial charge in [-0.3, -0.25) is 5.32 Å². The van der Waals surface area contributed by atoms with Gasteiger partial charge in [-0.15, -0.1) is 0 Å². The molecule has 2 aromatic rings. The quantitative estimate of drug-likeness (QED) is 0.908. The molecule has 0 fully saturated rings. The Morgan fingerprint density at radius 2 is 2.00 bits per heavy atom. The monoisotopic (exact) mass is 321 g/mol. The fourth-order valence-electron chi connectivity index (χ4n) is 1.92. The minimum Gasteiger partial charge on any atom is -0.363 e. The Morgan fingerprint density at radius 3 is 2.65 bits per heavy atom. The van der Waals surface area contributed by atoms with Crippen LogP contribution in [-0.4, -0.2) is 30.1 Å². The number of carbonyl (C=O) groups excluding carboxylic acids is 1. The topological polar surface area (TPSA) is 70.2 Å². The van der Waals surface area contributed by atoms with Gasteiger partial charge in [-0.2, -0.15) is 4.98 Å². The first kappa shape index (κ1) is 16.6. The highest BCUT2D eigenvalue weighted by Gasteiger charge is 2.15. The van der Waals surface area contributed by atoms with E-state index in [1.165, 1.54) is 12.3 Å². The third kappa shape index (κ3) is 4.35. The molecule has 8 heteroatoms. The summed E-state index contributed by atoms with van der Waals surface area (Å²) >= 11 is 0. The van der Waals surface area contributed by atoms with Crippen LogP contribution < -0.4 is 15.5 Å². The van der Waals surface area contributed by atoms with E-state index in [-0.39, 0.29) is 11.5 Å². The average Bonchev–Trinajstić information content (AvgIpc) is 2.47. The zero-order valence-electron chi connectivity index (χ0n) is 13.0. The van der Waals surface area contributed by atoms with Crippen molar-refractivity contribution in [2.75, 3.05) is 24.3 Å². The van der Waals surface area contributed by atoms with E-state index in [9.17, 15) is 13.6 Å². The number of hydrogen-bond acceptors (Lipinski definition) is 4. The number of benzene rings is 1. The van der Waals surface area contributed by atoms with Crippen molar-refractivity contribution < 1.29 is 13.6 Å². The summed E-state index contributed by atoms with van der Waals surface area (Å²) in [6, 6.07) is 3.66. The molecule has 0 bridgehead atoms. The molecule has 0 aliphatic rings. The second-order valence-electron chi connectivity index (χ2n) is 5.12.